The van der Waals surface area contributed by atoms with Gasteiger partial charge in [0.2, 0.25) is 15.9 Å². The Kier molecular flexibility index (Phi) is 5.91. The molecule has 1 aliphatic rings. The molecule has 0 radical (unpaired) electrons. The van der Waals surface area contributed by atoms with Gasteiger partial charge in [-0.3, -0.25) is 0 Å². The van der Waals surface area contributed by atoms with Gasteiger partial charge in [-0.15, -0.1) is 0 Å². The number of benzene rings is 1. The van der Waals surface area contributed by atoms with E-state index in [-0.39, 0.29) is 4.90 Å². The van der Waals surface area contributed by atoms with Gasteiger partial charge < -0.3 is 4.52 Å². The van der Waals surface area contributed by atoms with Gasteiger partial charge in [-0.05, 0) is 37.1 Å². The summed E-state index contributed by atoms with van der Waals surface area (Å²) in [4.78, 5) is 4.74. The molecule has 6 nitrogen and oxygen atoms in total. The standard InChI is InChI=1S/C17H22BrN3O3S/c1-21(25(22,23)15-9-7-14(18)8-10-15)12-11-16-19-17(24-20-16)13-5-3-2-4-6-13/h7-10,13H,2-6,11-12H2,1H3. The molecule has 1 aliphatic carbocycles. The minimum absolute atomic E-state index is 0.272. The summed E-state index contributed by atoms with van der Waals surface area (Å²) >= 11 is 3.31. The predicted octanol–water partition coefficient (Wildman–Crippen LogP) is 3.74. The Hall–Kier alpha value is -1.25. The van der Waals surface area contributed by atoms with Crippen molar-refractivity contribution < 1.29 is 12.9 Å². The Morgan fingerprint density at radius 3 is 2.56 bits per heavy atom. The molecule has 0 saturated heterocycles. The van der Waals surface area contributed by atoms with Crippen molar-refractivity contribution in [1.29, 1.82) is 0 Å². The minimum atomic E-state index is -3.51. The lowest BCUT2D eigenvalue weighted by Gasteiger charge is -2.17. The molecule has 136 valence electrons. The van der Waals surface area contributed by atoms with E-state index in [1.165, 1.54) is 23.6 Å². The van der Waals surface area contributed by atoms with Gasteiger partial charge in [0.05, 0.1) is 4.90 Å². The van der Waals surface area contributed by atoms with Crippen molar-refractivity contribution in [3.05, 3.63) is 40.5 Å². The van der Waals surface area contributed by atoms with Crippen LogP contribution in [-0.2, 0) is 16.4 Å². The summed E-state index contributed by atoms with van der Waals surface area (Å²) in [6.45, 7) is 0.308. The summed E-state index contributed by atoms with van der Waals surface area (Å²) in [6.07, 6.45) is 6.31. The molecular weight excluding hydrogens is 406 g/mol. The lowest BCUT2D eigenvalue weighted by molar-refractivity contribution is 0.311. The third-order valence-corrected chi connectivity index (χ3v) is 7.01. The fourth-order valence-corrected chi connectivity index (χ4v) is 4.48. The Labute approximate surface area is 156 Å². The van der Waals surface area contributed by atoms with Crippen molar-refractivity contribution in [2.45, 2.75) is 49.3 Å². The minimum Gasteiger partial charge on any atom is -0.339 e. The van der Waals surface area contributed by atoms with Crippen LogP contribution in [0.4, 0.5) is 0 Å². The molecule has 3 rings (SSSR count). The Balaban J connectivity index is 1.61. The quantitative estimate of drug-likeness (QED) is 0.701. The summed E-state index contributed by atoms with van der Waals surface area (Å²) in [5, 5.41) is 4.02. The van der Waals surface area contributed by atoms with E-state index in [9.17, 15) is 8.42 Å². The van der Waals surface area contributed by atoms with E-state index in [1.54, 1.807) is 31.3 Å². The number of hydrogen-bond donors (Lipinski definition) is 0. The summed E-state index contributed by atoms with van der Waals surface area (Å²) in [5.74, 6) is 1.63. The zero-order chi connectivity index (χ0) is 17.9. The molecule has 1 heterocycles. The van der Waals surface area contributed by atoms with Crippen LogP contribution in [0.25, 0.3) is 0 Å². The molecule has 8 heteroatoms. The normalized spacial score (nSPS) is 16.4. The molecule has 0 aliphatic heterocycles. The van der Waals surface area contributed by atoms with Gasteiger partial charge in [0, 0.05) is 30.4 Å². The van der Waals surface area contributed by atoms with E-state index < -0.39 is 10.0 Å². The zero-order valence-corrected chi connectivity index (χ0v) is 16.6. The molecule has 0 bridgehead atoms. The van der Waals surface area contributed by atoms with Gasteiger partial charge in [-0.25, -0.2) is 12.7 Å². The maximum Gasteiger partial charge on any atom is 0.242 e. The molecule has 1 aromatic heterocycles. The van der Waals surface area contributed by atoms with E-state index in [0.29, 0.717) is 30.6 Å². The average molecular weight is 428 g/mol. The highest BCUT2D eigenvalue weighted by molar-refractivity contribution is 9.10. The number of halogens is 1. The topological polar surface area (TPSA) is 76.3 Å². The van der Waals surface area contributed by atoms with Crippen molar-refractivity contribution in [1.82, 2.24) is 14.4 Å². The molecule has 2 aromatic rings. The molecule has 1 fully saturated rings. The largest absolute Gasteiger partial charge is 0.339 e. The molecule has 1 aromatic carbocycles. The number of nitrogens with zero attached hydrogens (tertiary/aromatic N) is 3. The van der Waals surface area contributed by atoms with Gasteiger partial charge in [0.1, 0.15) is 0 Å². The second kappa shape index (κ2) is 7.97. The molecule has 0 amide bonds. The maximum atomic E-state index is 12.6. The Bertz CT molecular complexity index is 799. The van der Waals surface area contributed by atoms with Crippen molar-refractivity contribution in [2.75, 3.05) is 13.6 Å². The maximum absolute atomic E-state index is 12.6. The van der Waals surface area contributed by atoms with Gasteiger partial charge in [0.25, 0.3) is 0 Å². The first kappa shape index (κ1) is 18.5. The van der Waals surface area contributed by atoms with Crippen LogP contribution in [-0.4, -0.2) is 36.5 Å². The van der Waals surface area contributed by atoms with Crippen LogP contribution in [0.2, 0.25) is 0 Å². The average Bonchev–Trinajstić information content (AvgIpc) is 3.10. The number of hydrogen-bond acceptors (Lipinski definition) is 5. The van der Waals surface area contributed by atoms with Crippen LogP contribution >= 0.6 is 15.9 Å². The highest BCUT2D eigenvalue weighted by Gasteiger charge is 2.23. The van der Waals surface area contributed by atoms with Crippen LogP contribution in [0, 0.1) is 0 Å². The Morgan fingerprint density at radius 2 is 1.88 bits per heavy atom. The summed E-state index contributed by atoms with van der Waals surface area (Å²) in [7, 11) is -1.94. The lowest BCUT2D eigenvalue weighted by atomic mass is 9.89. The third-order valence-electron chi connectivity index (χ3n) is 4.61. The number of aromatic nitrogens is 2. The number of rotatable bonds is 6. The van der Waals surface area contributed by atoms with Gasteiger partial charge >= 0.3 is 0 Å². The number of likely N-dealkylation sites (N-methyl/N-ethyl adjacent to an activating group) is 1. The van der Waals surface area contributed by atoms with Gasteiger partial charge in [-0.1, -0.05) is 40.3 Å². The molecule has 25 heavy (non-hydrogen) atoms. The first-order valence-corrected chi connectivity index (χ1v) is 10.7. The second-order valence-corrected chi connectivity index (χ2v) is 9.37. The monoisotopic (exact) mass is 427 g/mol. The second-order valence-electron chi connectivity index (χ2n) is 6.41. The van der Waals surface area contributed by atoms with Crippen LogP contribution in [0.1, 0.15) is 49.7 Å². The highest BCUT2D eigenvalue weighted by atomic mass is 79.9. The Morgan fingerprint density at radius 1 is 1.20 bits per heavy atom. The van der Waals surface area contributed by atoms with Crippen molar-refractivity contribution in [3.63, 3.8) is 0 Å². The summed E-state index contributed by atoms with van der Waals surface area (Å²) < 4.78 is 32.7. The van der Waals surface area contributed by atoms with E-state index in [2.05, 4.69) is 26.1 Å². The fraction of sp³-hybridized carbons (Fsp3) is 0.529. The predicted molar refractivity (Wildman–Crippen MR) is 97.8 cm³/mol. The smallest absolute Gasteiger partial charge is 0.242 e. The van der Waals surface area contributed by atoms with Crippen molar-refractivity contribution in [2.24, 2.45) is 0 Å². The molecular formula is C17H22BrN3O3S. The van der Waals surface area contributed by atoms with Gasteiger partial charge in [-0.2, -0.15) is 4.98 Å². The lowest BCUT2D eigenvalue weighted by Crippen LogP contribution is -2.29. The van der Waals surface area contributed by atoms with Gasteiger partial charge in [0.15, 0.2) is 5.82 Å². The van der Waals surface area contributed by atoms with Crippen LogP contribution in [0.5, 0.6) is 0 Å². The molecule has 0 N–H and O–H groups in total. The SMILES string of the molecule is CN(CCc1noc(C2CCCCC2)n1)S(=O)(=O)c1ccc(Br)cc1. The van der Waals surface area contributed by atoms with E-state index in [4.69, 9.17) is 4.52 Å². The van der Waals surface area contributed by atoms with E-state index >= 15 is 0 Å². The fourth-order valence-electron chi connectivity index (χ4n) is 3.05. The van der Waals surface area contributed by atoms with Crippen LogP contribution < -0.4 is 0 Å². The van der Waals surface area contributed by atoms with Crippen molar-refractivity contribution >= 4 is 26.0 Å². The highest BCUT2D eigenvalue weighted by Crippen LogP contribution is 2.31. The third kappa shape index (κ3) is 4.48. The van der Waals surface area contributed by atoms with E-state index in [1.807, 2.05) is 0 Å². The first-order chi connectivity index (χ1) is 12.0. The molecule has 0 unspecified atom stereocenters. The summed E-state index contributed by atoms with van der Waals surface area (Å²) in [5.41, 5.74) is 0. The van der Waals surface area contributed by atoms with Crippen molar-refractivity contribution in [3.8, 4) is 0 Å². The number of sulfonamides is 1. The molecule has 1 saturated carbocycles. The summed E-state index contributed by atoms with van der Waals surface area (Å²) in [6, 6.07) is 6.61. The molecule has 0 atom stereocenters. The van der Waals surface area contributed by atoms with Crippen LogP contribution in [0.3, 0.4) is 0 Å². The zero-order valence-electron chi connectivity index (χ0n) is 14.2. The van der Waals surface area contributed by atoms with Crippen LogP contribution in [0.15, 0.2) is 38.2 Å². The molecule has 0 spiro atoms. The van der Waals surface area contributed by atoms with E-state index in [0.717, 1.165) is 17.3 Å². The first-order valence-electron chi connectivity index (χ1n) is 8.51.